The highest BCUT2D eigenvalue weighted by molar-refractivity contribution is 6.14. The molecule has 1 N–H and O–H groups in total. The number of amides is 1. The van der Waals surface area contributed by atoms with Crippen LogP contribution in [0.2, 0.25) is 0 Å². The fourth-order valence-corrected chi connectivity index (χ4v) is 2.54. The monoisotopic (exact) mass is 289 g/mol. The molecule has 1 atom stereocenters. The molecule has 0 spiro atoms. The Bertz CT molecular complexity index is 623. The molecule has 1 aromatic rings. The van der Waals surface area contributed by atoms with Crippen molar-refractivity contribution in [1.29, 1.82) is 0 Å². The molecule has 2 rings (SSSR count). The molecule has 1 aromatic heterocycles. The zero-order chi connectivity index (χ0) is 15.7. The molecule has 0 aliphatic carbocycles. The first-order valence-electron chi connectivity index (χ1n) is 6.94. The Labute approximate surface area is 123 Å². The van der Waals surface area contributed by atoms with Gasteiger partial charge in [-0.2, -0.15) is 4.99 Å². The van der Waals surface area contributed by atoms with Gasteiger partial charge in [0.15, 0.2) is 5.84 Å². The molecule has 0 saturated heterocycles. The Morgan fingerprint density at radius 3 is 2.62 bits per heavy atom. The minimum absolute atomic E-state index is 0.0807. The zero-order valence-electron chi connectivity index (χ0n) is 12.6. The molecule has 1 unspecified atom stereocenters. The minimum atomic E-state index is -1.07. The molecule has 112 valence electrons. The third-order valence-electron chi connectivity index (χ3n) is 3.65. The molecule has 6 nitrogen and oxygen atoms in total. The molecule has 1 aliphatic heterocycles. The fraction of sp³-hybridized carbons (Fsp3) is 0.467. The van der Waals surface area contributed by atoms with Crippen LogP contribution in [0.5, 0.6) is 0 Å². The zero-order valence-corrected chi connectivity index (χ0v) is 12.6. The topological polar surface area (TPSA) is 82.9 Å². The molecule has 1 aliphatic rings. The highest BCUT2D eigenvalue weighted by Gasteiger charge is 2.37. The Morgan fingerprint density at radius 1 is 1.48 bits per heavy atom. The van der Waals surface area contributed by atoms with Crippen LogP contribution in [-0.2, 0) is 11.2 Å². The van der Waals surface area contributed by atoms with Crippen molar-refractivity contribution in [2.75, 3.05) is 7.05 Å². The van der Waals surface area contributed by atoms with Crippen molar-refractivity contribution in [2.24, 2.45) is 10.9 Å². The molecule has 0 fully saturated rings. The standard InChI is InChI=1S/C15H19N3O3/c1-5-9-6-10(15(20)21)11(16-7-9)13-17-14(19)12(8(2)3)18(13)4/h6-8,12H,5H2,1-4H3,(H,20,21). The summed E-state index contributed by atoms with van der Waals surface area (Å²) in [4.78, 5) is 33.4. The van der Waals surface area contributed by atoms with Crippen molar-refractivity contribution in [1.82, 2.24) is 9.88 Å². The van der Waals surface area contributed by atoms with Crippen LogP contribution in [0.25, 0.3) is 0 Å². The van der Waals surface area contributed by atoms with E-state index < -0.39 is 5.97 Å². The molecule has 0 bridgehead atoms. The maximum atomic E-state index is 12.0. The van der Waals surface area contributed by atoms with Gasteiger partial charge in [0.1, 0.15) is 11.7 Å². The van der Waals surface area contributed by atoms with E-state index in [1.165, 1.54) is 0 Å². The van der Waals surface area contributed by atoms with Gasteiger partial charge in [0.2, 0.25) is 0 Å². The number of likely N-dealkylation sites (N-methyl/N-ethyl adjacent to an activating group) is 1. The number of carboxylic acids is 1. The second-order valence-corrected chi connectivity index (χ2v) is 5.47. The van der Waals surface area contributed by atoms with Crippen molar-refractivity contribution < 1.29 is 14.7 Å². The summed E-state index contributed by atoms with van der Waals surface area (Å²) in [5.74, 6) is -0.893. The number of aryl methyl sites for hydroxylation is 1. The van der Waals surface area contributed by atoms with Crippen LogP contribution in [0, 0.1) is 5.92 Å². The molecule has 2 heterocycles. The number of aromatic nitrogens is 1. The minimum Gasteiger partial charge on any atom is -0.478 e. The lowest BCUT2D eigenvalue weighted by atomic mass is 10.0. The number of aromatic carboxylic acids is 1. The van der Waals surface area contributed by atoms with Gasteiger partial charge in [0.05, 0.1) is 5.56 Å². The Balaban J connectivity index is 2.50. The number of pyridine rings is 1. The van der Waals surface area contributed by atoms with Gasteiger partial charge in [-0.25, -0.2) is 4.79 Å². The molecular formula is C15H19N3O3. The van der Waals surface area contributed by atoms with Crippen molar-refractivity contribution >= 4 is 17.7 Å². The predicted molar refractivity (Wildman–Crippen MR) is 78.5 cm³/mol. The van der Waals surface area contributed by atoms with Crippen LogP contribution in [0.15, 0.2) is 17.3 Å². The van der Waals surface area contributed by atoms with E-state index in [0.717, 1.165) is 5.56 Å². The van der Waals surface area contributed by atoms with Gasteiger partial charge >= 0.3 is 5.97 Å². The normalized spacial score (nSPS) is 18.3. The Kier molecular flexibility index (Phi) is 4.06. The molecule has 21 heavy (non-hydrogen) atoms. The summed E-state index contributed by atoms with van der Waals surface area (Å²) in [5, 5.41) is 9.37. The van der Waals surface area contributed by atoms with Crippen molar-refractivity contribution in [3.05, 3.63) is 29.1 Å². The van der Waals surface area contributed by atoms with Gasteiger partial charge < -0.3 is 10.0 Å². The van der Waals surface area contributed by atoms with Gasteiger partial charge in [-0.05, 0) is 24.0 Å². The van der Waals surface area contributed by atoms with Crippen LogP contribution >= 0.6 is 0 Å². The third kappa shape index (κ3) is 2.66. The van der Waals surface area contributed by atoms with E-state index in [1.807, 2.05) is 20.8 Å². The summed E-state index contributed by atoms with van der Waals surface area (Å²) < 4.78 is 0. The predicted octanol–water partition coefficient (Wildman–Crippen LogP) is 1.59. The van der Waals surface area contributed by atoms with Crippen LogP contribution in [0.4, 0.5) is 0 Å². The van der Waals surface area contributed by atoms with Crippen molar-refractivity contribution in [2.45, 2.75) is 33.2 Å². The number of nitrogens with zero attached hydrogens (tertiary/aromatic N) is 3. The molecule has 0 aromatic carbocycles. The van der Waals surface area contributed by atoms with Crippen LogP contribution in [0.3, 0.4) is 0 Å². The molecule has 1 amide bonds. The van der Waals surface area contributed by atoms with E-state index in [-0.39, 0.29) is 29.1 Å². The van der Waals surface area contributed by atoms with Crippen molar-refractivity contribution in [3.63, 3.8) is 0 Å². The number of carbonyl (C=O) groups is 2. The molecule has 6 heteroatoms. The van der Waals surface area contributed by atoms with Crippen LogP contribution in [-0.4, -0.2) is 45.8 Å². The maximum absolute atomic E-state index is 12.0. The molecular weight excluding hydrogens is 270 g/mol. The number of hydrogen-bond acceptors (Lipinski definition) is 4. The number of rotatable bonds is 4. The summed E-state index contributed by atoms with van der Waals surface area (Å²) >= 11 is 0. The lowest BCUT2D eigenvalue weighted by Crippen LogP contribution is -2.39. The highest BCUT2D eigenvalue weighted by atomic mass is 16.4. The van der Waals surface area contributed by atoms with Gasteiger partial charge in [0, 0.05) is 13.2 Å². The van der Waals surface area contributed by atoms with E-state index in [4.69, 9.17) is 0 Å². The lowest BCUT2D eigenvalue weighted by molar-refractivity contribution is -0.121. The number of carbonyl (C=O) groups excluding carboxylic acids is 1. The fourth-order valence-electron chi connectivity index (χ4n) is 2.54. The van der Waals surface area contributed by atoms with Crippen molar-refractivity contribution in [3.8, 4) is 0 Å². The number of hydrogen-bond donors (Lipinski definition) is 1. The van der Waals surface area contributed by atoms with E-state index in [1.54, 1.807) is 24.2 Å². The lowest BCUT2D eigenvalue weighted by Gasteiger charge is -2.24. The maximum Gasteiger partial charge on any atom is 0.338 e. The Hall–Kier alpha value is -2.24. The van der Waals surface area contributed by atoms with E-state index in [2.05, 4.69) is 9.98 Å². The Morgan fingerprint density at radius 2 is 2.14 bits per heavy atom. The second-order valence-electron chi connectivity index (χ2n) is 5.47. The van der Waals surface area contributed by atoms with E-state index in [0.29, 0.717) is 12.3 Å². The summed E-state index contributed by atoms with van der Waals surface area (Å²) in [6, 6.07) is 1.23. The quantitative estimate of drug-likeness (QED) is 0.910. The molecule has 0 radical (unpaired) electrons. The largest absolute Gasteiger partial charge is 0.478 e. The average Bonchev–Trinajstić information content (AvgIpc) is 2.73. The first kappa shape index (κ1) is 15.2. The summed E-state index contributed by atoms with van der Waals surface area (Å²) in [6.07, 6.45) is 2.33. The smallest absolute Gasteiger partial charge is 0.338 e. The summed E-state index contributed by atoms with van der Waals surface area (Å²) in [7, 11) is 1.75. The van der Waals surface area contributed by atoms with E-state index in [9.17, 15) is 14.7 Å². The SMILES string of the molecule is CCc1cnc(C2=NC(=O)C(C(C)C)N2C)c(C(=O)O)c1. The van der Waals surface area contributed by atoms with Crippen LogP contribution < -0.4 is 0 Å². The molecule has 0 saturated carbocycles. The second kappa shape index (κ2) is 5.63. The summed E-state index contributed by atoms with van der Waals surface area (Å²) in [6.45, 7) is 5.80. The average molecular weight is 289 g/mol. The van der Waals surface area contributed by atoms with E-state index >= 15 is 0 Å². The third-order valence-corrected chi connectivity index (χ3v) is 3.65. The van der Waals surface area contributed by atoms with Gasteiger partial charge in [-0.15, -0.1) is 0 Å². The number of amidine groups is 1. The first-order chi connectivity index (χ1) is 9.86. The summed E-state index contributed by atoms with van der Waals surface area (Å²) in [5.41, 5.74) is 1.17. The van der Waals surface area contributed by atoms with Gasteiger partial charge in [0.25, 0.3) is 5.91 Å². The van der Waals surface area contributed by atoms with Gasteiger partial charge in [-0.3, -0.25) is 9.78 Å². The van der Waals surface area contributed by atoms with Crippen LogP contribution in [0.1, 0.15) is 42.4 Å². The number of carboxylic acid groups (broad SMARTS) is 1. The first-order valence-corrected chi connectivity index (χ1v) is 6.94. The number of aliphatic imine (C=N–C) groups is 1. The van der Waals surface area contributed by atoms with Gasteiger partial charge in [-0.1, -0.05) is 20.8 Å². The highest BCUT2D eigenvalue weighted by Crippen LogP contribution is 2.22.